The largest absolute Gasteiger partial charge is 0.345 e. The van der Waals surface area contributed by atoms with Gasteiger partial charge in [-0.3, -0.25) is 9.78 Å². The van der Waals surface area contributed by atoms with Gasteiger partial charge in [-0.15, -0.1) is 0 Å². The van der Waals surface area contributed by atoms with Crippen molar-refractivity contribution in [3.05, 3.63) is 30.1 Å². The smallest absolute Gasteiger partial charge is 0.222 e. The predicted octanol–water partition coefficient (Wildman–Crippen LogP) is 2.09. The van der Waals surface area contributed by atoms with E-state index >= 15 is 0 Å². The molecule has 1 aromatic heterocycles. The maximum Gasteiger partial charge on any atom is 0.222 e. The molecule has 1 heterocycles. The summed E-state index contributed by atoms with van der Waals surface area (Å²) in [6.07, 6.45) is 4.13. The van der Waals surface area contributed by atoms with Crippen LogP contribution in [-0.4, -0.2) is 35.9 Å². The molecule has 0 aliphatic carbocycles. The monoisotopic (exact) mass is 277 g/mol. The molecule has 2 N–H and O–H groups in total. The van der Waals surface area contributed by atoms with Gasteiger partial charge in [0, 0.05) is 38.3 Å². The maximum absolute atomic E-state index is 12.2. The van der Waals surface area contributed by atoms with E-state index in [0.29, 0.717) is 31.3 Å². The fourth-order valence-corrected chi connectivity index (χ4v) is 2.29. The van der Waals surface area contributed by atoms with Crippen molar-refractivity contribution in [2.24, 2.45) is 17.6 Å². The highest BCUT2D eigenvalue weighted by Crippen LogP contribution is 2.15. The Balaban J connectivity index is 2.38. The summed E-state index contributed by atoms with van der Waals surface area (Å²) in [5.41, 5.74) is 6.77. The Morgan fingerprint density at radius 1 is 1.40 bits per heavy atom. The summed E-state index contributed by atoms with van der Waals surface area (Å²) in [6.45, 7) is 5.61. The van der Waals surface area contributed by atoms with E-state index in [4.69, 9.17) is 5.73 Å². The zero-order valence-electron chi connectivity index (χ0n) is 12.9. The summed E-state index contributed by atoms with van der Waals surface area (Å²) in [7, 11) is 1.86. The van der Waals surface area contributed by atoms with Crippen molar-refractivity contribution in [2.75, 3.05) is 20.1 Å². The van der Waals surface area contributed by atoms with Crippen LogP contribution in [0.15, 0.2) is 24.4 Å². The fourth-order valence-electron chi connectivity index (χ4n) is 2.29. The average Bonchev–Trinajstić information content (AvgIpc) is 2.44. The molecular formula is C16H27N3O. The van der Waals surface area contributed by atoms with E-state index in [2.05, 4.69) is 18.8 Å². The van der Waals surface area contributed by atoms with Crippen LogP contribution in [0.4, 0.5) is 0 Å². The quantitative estimate of drug-likeness (QED) is 0.791. The number of carbonyl (C=O) groups excluding carboxylic acids is 1. The van der Waals surface area contributed by atoms with Crippen LogP contribution in [0.1, 0.15) is 32.4 Å². The second kappa shape index (κ2) is 8.69. The van der Waals surface area contributed by atoms with Crippen LogP contribution in [0.25, 0.3) is 0 Å². The van der Waals surface area contributed by atoms with E-state index < -0.39 is 0 Å². The van der Waals surface area contributed by atoms with E-state index in [1.165, 1.54) is 0 Å². The normalized spacial score (nSPS) is 12.4. The Hall–Kier alpha value is -1.42. The van der Waals surface area contributed by atoms with Gasteiger partial charge in [0.05, 0.1) is 0 Å². The Kier molecular flexibility index (Phi) is 7.23. The first-order chi connectivity index (χ1) is 9.52. The molecular weight excluding hydrogens is 250 g/mol. The van der Waals surface area contributed by atoms with Crippen molar-refractivity contribution < 1.29 is 4.79 Å². The van der Waals surface area contributed by atoms with Gasteiger partial charge in [-0.05, 0) is 36.9 Å². The Labute approximate surface area is 122 Å². The summed E-state index contributed by atoms with van der Waals surface area (Å²) in [4.78, 5) is 18.2. The van der Waals surface area contributed by atoms with Gasteiger partial charge >= 0.3 is 0 Å². The zero-order valence-corrected chi connectivity index (χ0v) is 12.9. The van der Waals surface area contributed by atoms with E-state index in [-0.39, 0.29) is 5.91 Å². The minimum absolute atomic E-state index is 0.178. The van der Waals surface area contributed by atoms with Crippen molar-refractivity contribution in [2.45, 2.75) is 33.1 Å². The third kappa shape index (κ3) is 6.15. The number of hydrogen-bond donors (Lipinski definition) is 1. The molecule has 1 rings (SSSR count). The second-order valence-electron chi connectivity index (χ2n) is 5.82. The molecule has 0 aromatic carbocycles. The molecule has 1 amide bonds. The number of rotatable bonds is 8. The van der Waals surface area contributed by atoms with Crippen LogP contribution < -0.4 is 5.73 Å². The highest BCUT2D eigenvalue weighted by molar-refractivity contribution is 5.76. The highest BCUT2D eigenvalue weighted by Gasteiger charge is 2.16. The molecule has 20 heavy (non-hydrogen) atoms. The van der Waals surface area contributed by atoms with Gasteiger partial charge in [-0.25, -0.2) is 0 Å². The lowest BCUT2D eigenvalue weighted by atomic mass is 9.94. The Morgan fingerprint density at radius 2 is 2.15 bits per heavy atom. The fraction of sp³-hybridized carbons (Fsp3) is 0.625. The number of likely N-dealkylation sites (N-methyl/N-ethyl adjacent to an activating group) is 1. The minimum atomic E-state index is 0.178. The number of aromatic nitrogens is 1. The number of carbonyl (C=O) groups is 1. The number of amides is 1. The predicted molar refractivity (Wildman–Crippen MR) is 82.2 cm³/mol. The molecule has 0 aliphatic heterocycles. The first kappa shape index (κ1) is 16.6. The van der Waals surface area contributed by atoms with Crippen molar-refractivity contribution in [3.8, 4) is 0 Å². The first-order valence-corrected chi connectivity index (χ1v) is 7.36. The van der Waals surface area contributed by atoms with Gasteiger partial charge in [0.1, 0.15) is 0 Å². The van der Waals surface area contributed by atoms with Gasteiger partial charge in [0.25, 0.3) is 0 Å². The van der Waals surface area contributed by atoms with Crippen LogP contribution in [0.2, 0.25) is 0 Å². The van der Waals surface area contributed by atoms with Gasteiger partial charge in [-0.1, -0.05) is 19.9 Å². The topological polar surface area (TPSA) is 59.2 Å². The Morgan fingerprint density at radius 3 is 2.70 bits per heavy atom. The molecule has 1 atom stereocenters. The molecule has 0 unspecified atom stereocenters. The molecule has 0 saturated heterocycles. The standard InChI is InChI=1S/C16H27N3O/c1-13(2)10-14(12-17)11-16(20)19(3)9-7-15-6-4-5-8-18-15/h4-6,8,13-14H,7,9-12,17H2,1-3H3/t14-/m0/s1. The molecule has 0 fully saturated rings. The average molecular weight is 277 g/mol. The second-order valence-corrected chi connectivity index (χ2v) is 5.82. The van der Waals surface area contributed by atoms with Crippen LogP contribution in [0.5, 0.6) is 0 Å². The molecule has 0 aliphatic rings. The van der Waals surface area contributed by atoms with Gasteiger partial charge in [-0.2, -0.15) is 0 Å². The minimum Gasteiger partial charge on any atom is -0.345 e. The number of pyridine rings is 1. The van der Waals surface area contributed by atoms with Crippen LogP contribution in [0.3, 0.4) is 0 Å². The molecule has 0 saturated carbocycles. The summed E-state index contributed by atoms with van der Waals surface area (Å²) < 4.78 is 0. The van der Waals surface area contributed by atoms with Crippen LogP contribution in [0, 0.1) is 11.8 Å². The lowest BCUT2D eigenvalue weighted by Gasteiger charge is -2.21. The summed E-state index contributed by atoms with van der Waals surface area (Å²) in [5, 5.41) is 0. The molecule has 4 nitrogen and oxygen atoms in total. The number of hydrogen-bond acceptors (Lipinski definition) is 3. The van der Waals surface area contributed by atoms with E-state index in [9.17, 15) is 4.79 Å². The molecule has 0 spiro atoms. The zero-order chi connectivity index (χ0) is 15.0. The number of nitrogens with two attached hydrogens (primary N) is 1. The summed E-state index contributed by atoms with van der Waals surface area (Å²) in [5.74, 6) is 1.05. The van der Waals surface area contributed by atoms with Crippen LogP contribution in [-0.2, 0) is 11.2 Å². The third-order valence-corrected chi connectivity index (χ3v) is 3.46. The van der Waals surface area contributed by atoms with Gasteiger partial charge in [0.2, 0.25) is 5.91 Å². The molecule has 1 aromatic rings. The Bertz CT molecular complexity index is 392. The van der Waals surface area contributed by atoms with Crippen molar-refractivity contribution in [1.29, 1.82) is 0 Å². The van der Waals surface area contributed by atoms with Gasteiger partial charge < -0.3 is 10.6 Å². The first-order valence-electron chi connectivity index (χ1n) is 7.36. The molecule has 0 radical (unpaired) electrons. The van der Waals surface area contributed by atoms with E-state index in [0.717, 1.165) is 18.5 Å². The highest BCUT2D eigenvalue weighted by atomic mass is 16.2. The van der Waals surface area contributed by atoms with E-state index in [1.807, 2.05) is 25.2 Å². The molecule has 4 heteroatoms. The van der Waals surface area contributed by atoms with E-state index in [1.54, 1.807) is 11.1 Å². The summed E-state index contributed by atoms with van der Waals surface area (Å²) in [6, 6.07) is 5.85. The summed E-state index contributed by atoms with van der Waals surface area (Å²) >= 11 is 0. The van der Waals surface area contributed by atoms with Crippen LogP contribution >= 0.6 is 0 Å². The lowest BCUT2D eigenvalue weighted by molar-refractivity contribution is -0.130. The van der Waals surface area contributed by atoms with Crippen molar-refractivity contribution in [1.82, 2.24) is 9.88 Å². The lowest BCUT2D eigenvalue weighted by Crippen LogP contribution is -2.32. The maximum atomic E-state index is 12.2. The van der Waals surface area contributed by atoms with Gasteiger partial charge in [0.15, 0.2) is 0 Å². The number of nitrogens with zero attached hydrogens (tertiary/aromatic N) is 2. The SMILES string of the molecule is CC(C)C[C@H](CN)CC(=O)N(C)CCc1ccccn1. The molecule has 0 bridgehead atoms. The van der Waals surface area contributed by atoms with Crippen molar-refractivity contribution >= 4 is 5.91 Å². The van der Waals surface area contributed by atoms with Crippen molar-refractivity contribution in [3.63, 3.8) is 0 Å². The molecule has 112 valence electrons. The third-order valence-electron chi connectivity index (χ3n) is 3.46.